The molecule has 0 atom stereocenters. The van der Waals surface area contributed by atoms with Crippen LogP contribution < -0.4 is 99.8 Å². The summed E-state index contributed by atoms with van der Waals surface area (Å²) in [6.07, 6.45) is 0. The van der Waals surface area contributed by atoms with Crippen LogP contribution in [-0.2, 0) is 0 Å². The summed E-state index contributed by atoms with van der Waals surface area (Å²) in [7, 11) is 12.7. The molecule has 38 heavy (non-hydrogen) atoms. The van der Waals surface area contributed by atoms with E-state index in [0.717, 1.165) is 0 Å². The Morgan fingerprint density at radius 1 is 0.579 bits per heavy atom. The number of carbonyl (C=O) groups excluding carboxylic acids is 3. The molecule has 0 bridgehead atoms. The highest BCUT2D eigenvalue weighted by Crippen LogP contribution is 1.50. The van der Waals surface area contributed by atoms with E-state index in [1.165, 1.54) is 7.05 Å². The van der Waals surface area contributed by atoms with Gasteiger partial charge in [-0.2, -0.15) is 0 Å². The van der Waals surface area contributed by atoms with Crippen molar-refractivity contribution in [2.45, 2.75) is 0 Å². The number of rotatable bonds is 4. The predicted octanol–water partition coefficient (Wildman–Crippen LogP) is -7.93. The van der Waals surface area contributed by atoms with E-state index in [0.29, 0.717) is 5.96 Å². The summed E-state index contributed by atoms with van der Waals surface area (Å²) in [4.78, 5) is 36.7. The molecule has 6 amide bonds. The summed E-state index contributed by atoms with van der Waals surface area (Å²) in [5, 5.41) is 7.94. The first kappa shape index (κ1) is 46.5. The molecular weight excluding hydrogens is 510 g/mol. The molecule has 24 nitrogen and oxygen atoms in total. The zero-order valence-electron chi connectivity index (χ0n) is 23.1. The quantitative estimate of drug-likeness (QED) is 0.0499. The van der Waals surface area contributed by atoms with Gasteiger partial charge in [0.1, 0.15) is 0 Å². The van der Waals surface area contributed by atoms with E-state index in [1.807, 2.05) is 5.43 Å². The van der Waals surface area contributed by atoms with Crippen LogP contribution in [0.5, 0.6) is 0 Å². The van der Waals surface area contributed by atoms with Gasteiger partial charge in [0.25, 0.3) is 0 Å². The van der Waals surface area contributed by atoms with Crippen molar-refractivity contribution in [3.63, 3.8) is 0 Å². The number of guanidine groups is 3. The Hall–Kier alpha value is -4.78. The highest BCUT2D eigenvalue weighted by molar-refractivity contribution is 5.77. The Balaban J connectivity index is -0.0000000810. The van der Waals surface area contributed by atoms with E-state index >= 15 is 0 Å². The number of carbonyl (C=O) groups is 3. The lowest BCUT2D eigenvalue weighted by molar-refractivity contribution is 0.239. The minimum absolute atomic E-state index is 0.0532. The first-order valence-corrected chi connectivity index (χ1v) is 9.92. The number of hydrogen-bond donors (Lipinski definition) is 18. The maximum Gasteiger partial charge on any atom is 0.328 e. The lowest BCUT2D eigenvalue weighted by Crippen LogP contribution is -2.40. The number of hydrazine groups is 5. The molecule has 228 valence electrons. The minimum atomic E-state index is -0.572. The summed E-state index contributed by atoms with van der Waals surface area (Å²) in [6, 6.07) is -1.19. The van der Waals surface area contributed by atoms with E-state index in [4.69, 9.17) is 28.8 Å². The first-order valence-electron chi connectivity index (χ1n) is 9.92. The molecule has 25 N–H and O–H groups in total. The van der Waals surface area contributed by atoms with Crippen LogP contribution >= 0.6 is 0 Å². The normalized spacial score (nSPS) is 8.68. The van der Waals surface area contributed by atoms with Gasteiger partial charge < -0.3 is 44.7 Å². The Morgan fingerprint density at radius 2 is 1.00 bits per heavy atom. The van der Waals surface area contributed by atoms with Crippen molar-refractivity contribution in [3.05, 3.63) is 0 Å². The summed E-state index contributed by atoms with van der Waals surface area (Å²) in [6.45, 7) is 0. The van der Waals surface area contributed by atoms with Gasteiger partial charge in [-0.3, -0.25) is 37.1 Å². The van der Waals surface area contributed by atoms with Crippen LogP contribution in [0, 0.1) is 0 Å². The maximum absolute atomic E-state index is 10.1. The molecule has 0 aliphatic carbocycles. The molecule has 0 spiro atoms. The Bertz CT molecular complexity index is 616. The van der Waals surface area contributed by atoms with Crippen LogP contribution in [-0.4, -0.2) is 92.4 Å². The van der Waals surface area contributed by atoms with Gasteiger partial charge in [-0.1, -0.05) is 0 Å². The number of amides is 6. The number of nitrogens with zero attached hydrogens (tertiary/aromatic N) is 3. The molecule has 0 saturated heterocycles. The van der Waals surface area contributed by atoms with Crippen molar-refractivity contribution in [1.29, 1.82) is 0 Å². The van der Waals surface area contributed by atoms with E-state index in [1.54, 1.807) is 49.3 Å². The minimum Gasteiger partial charge on any atom is -0.369 e. The Kier molecular flexibility index (Phi) is 51.9. The summed E-state index contributed by atoms with van der Waals surface area (Å²) < 4.78 is 0. The van der Waals surface area contributed by atoms with Crippen molar-refractivity contribution < 1.29 is 14.4 Å². The average Bonchev–Trinajstić information content (AvgIpc) is 2.89. The highest BCUT2D eigenvalue weighted by atomic mass is 16.2. The highest BCUT2D eigenvalue weighted by Gasteiger charge is 1.86. The smallest absolute Gasteiger partial charge is 0.328 e. The lowest BCUT2D eigenvalue weighted by Gasteiger charge is -1.97. The van der Waals surface area contributed by atoms with Crippen molar-refractivity contribution in [1.82, 2.24) is 59.5 Å². The Labute approximate surface area is 222 Å². The van der Waals surface area contributed by atoms with Gasteiger partial charge in [-0.15, -0.1) is 5.10 Å². The van der Waals surface area contributed by atoms with Gasteiger partial charge in [0, 0.05) is 56.4 Å². The topological polar surface area (TPSA) is 403 Å². The fourth-order valence-electron chi connectivity index (χ4n) is 0.749. The predicted molar refractivity (Wildman–Crippen MR) is 150 cm³/mol. The molecule has 0 fully saturated rings. The fourth-order valence-corrected chi connectivity index (χ4v) is 0.749. The van der Waals surface area contributed by atoms with Gasteiger partial charge >= 0.3 is 18.1 Å². The fraction of sp³-hybridized carbons (Fsp3) is 0.571. The first-order chi connectivity index (χ1) is 17.8. The van der Waals surface area contributed by atoms with Crippen LogP contribution in [0.1, 0.15) is 0 Å². The van der Waals surface area contributed by atoms with Crippen molar-refractivity contribution in [2.24, 2.45) is 55.4 Å². The SMILES string of the molecule is CN=C(N)NN.CN=C(N)NNC.CNC(=O)NN.CNN=C(N)N.CNNC(=O)NC.CNNC(N)=O. The zero-order chi connectivity index (χ0) is 31.4. The second-order valence-electron chi connectivity index (χ2n) is 4.91. The van der Waals surface area contributed by atoms with E-state index in [2.05, 4.69) is 80.7 Å². The van der Waals surface area contributed by atoms with Gasteiger partial charge in [0.15, 0.2) is 0 Å². The third kappa shape index (κ3) is 77.2. The lowest BCUT2D eigenvalue weighted by atomic mass is 11.0. The second kappa shape index (κ2) is 42.4. The number of nitrogens with two attached hydrogens (primary N) is 7. The van der Waals surface area contributed by atoms with Crippen LogP contribution in [0.4, 0.5) is 14.4 Å². The largest absolute Gasteiger partial charge is 0.369 e. The van der Waals surface area contributed by atoms with Crippen LogP contribution in [0.25, 0.3) is 0 Å². The van der Waals surface area contributed by atoms with E-state index < -0.39 is 6.03 Å². The third-order valence-corrected chi connectivity index (χ3v) is 2.20. The number of nitrogens with one attached hydrogen (secondary N) is 11. The van der Waals surface area contributed by atoms with Crippen LogP contribution in [0.15, 0.2) is 15.1 Å². The zero-order valence-corrected chi connectivity index (χ0v) is 23.1. The molecule has 0 aromatic carbocycles. The molecule has 0 rings (SSSR count). The molecule has 0 saturated carbocycles. The standard InChI is InChI=1S/C3H10N4.C3H9N3O.2C2H8N4.2C2H7N3O/c1-5-3(4)7-6-2;1-4-3(7)6-5-2;1-5-2(3)6-4;1-5-6-2(3)4;1-4-2(6)5-3;1-4-5-2(3)6/h6H,1-2H3,(H3,4,5,7);5H,1-2H3,(H2,4,6,7);4H2,1H3,(H3,3,5,6);5H,1H3,(H4,3,4,6);3H2,1H3,(H2,4,5,6);4H,1H3,(H3,3,5,6). The molecular formula is C14H49N21O3. The molecule has 0 heterocycles. The van der Waals surface area contributed by atoms with E-state index in [9.17, 15) is 14.4 Å². The monoisotopic (exact) mass is 559 g/mol. The van der Waals surface area contributed by atoms with Gasteiger partial charge in [0.2, 0.25) is 17.9 Å². The maximum atomic E-state index is 10.1. The number of hydrogen-bond acceptors (Lipinski definition) is 12. The molecule has 0 aliphatic heterocycles. The average molecular weight is 560 g/mol. The van der Waals surface area contributed by atoms with Crippen molar-refractivity contribution >= 4 is 36.0 Å². The molecule has 0 radical (unpaired) electrons. The number of aliphatic imine (C=N–C) groups is 2. The molecule has 0 aromatic rings. The van der Waals surface area contributed by atoms with Crippen LogP contribution in [0.2, 0.25) is 0 Å². The summed E-state index contributed by atoms with van der Waals surface area (Å²) in [5.41, 5.74) is 45.3. The van der Waals surface area contributed by atoms with Crippen LogP contribution in [0.3, 0.4) is 0 Å². The van der Waals surface area contributed by atoms with Crippen molar-refractivity contribution in [2.75, 3.05) is 56.4 Å². The summed E-state index contributed by atoms with van der Waals surface area (Å²) >= 11 is 0. The number of primary amides is 1. The van der Waals surface area contributed by atoms with Gasteiger partial charge in [-0.25, -0.2) is 42.3 Å². The Morgan fingerprint density at radius 3 is 1.05 bits per heavy atom. The molecule has 0 aromatic heterocycles. The van der Waals surface area contributed by atoms with Gasteiger partial charge in [-0.05, 0) is 0 Å². The third-order valence-electron chi connectivity index (χ3n) is 2.20. The van der Waals surface area contributed by atoms with E-state index in [-0.39, 0.29) is 24.0 Å². The van der Waals surface area contributed by atoms with Crippen molar-refractivity contribution in [3.8, 4) is 0 Å². The number of urea groups is 3. The molecule has 0 unspecified atom stereocenters. The summed E-state index contributed by atoms with van der Waals surface area (Å²) in [5.74, 6) is 10.1. The number of hydrazone groups is 1. The van der Waals surface area contributed by atoms with Gasteiger partial charge in [0.05, 0.1) is 0 Å². The second-order valence-corrected chi connectivity index (χ2v) is 4.91. The molecule has 24 heteroatoms. The molecule has 0 aliphatic rings.